The van der Waals surface area contributed by atoms with E-state index < -0.39 is 0 Å². The van der Waals surface area contributed by atoms with Gasteiger partial charge >= 0.3 is 0 Å². The van der Waals surface area contributed by atoms with Crippen molar-refractivity contribution < 1.29 is 0 Å². The summed E-state index contributed by atoms with van der Waals surface area (Å²) < 4.78 is 0. The van der Waals surface area contributed by atoms with Crippen LogP contribution in [0.3, 0.4) is 0 Å². The van der Waals surface area contributed by atoms with Gasteiger partial charge in [0.2, 0.25) is 0 Å². The lowest BCUT2D eigenvalue weighted by Crippen LogP contribution is -1.56. The maximum Gasteiger partial charge on any atom is -0.0115 e. The molecule has 0 unspecified atom stereocenters. The van der Waals surface area contributed by atoms with Gasteiger partial charge in [-0.25, -0.2) is 0 Å². The van der Waals surface area contributed by atoms with Crippen LogP contribution in [0, 0.1) is 11.8 Å². The van der Waals surface area contributed by atoms with Gasteiger partial charge in [0.05, 0.1) is 0 Å². The molecule has 38 valence electrons. The lowest BCUT2D eigenvalue weighted by Gasteiger charge is -1.73. The Morgan fingerprint density at radius 3 is 1.62 bits per heavy atom. The van der Waals surface area contributed by atoms with Crippen LogP contribution in [-0.4, -0.2) is 0 Å². The van der Waals surface area contributed by atoms with Gasteiger partial charge in [-0.05, 0) is 12.2 Å². The van der Waals surface area contributed by atoms with Crippen LogP contribution in [-0.2, 0) is 0 Å². The first-order valence-corrected chi connectivity index (χ1v) is 2.49. The van der Waals surface area contributed by atoms with Crippen LogP contribution in [0.15, 0.2) is 36.5 Å². The normalized spacial score (nSPS) is 26.0. The molecule has 1 aliphatic carbocycles. The third kappa shape index (κ3) is 1.49. The van der Waals surface area contributed by atoms with Crippen molar-refractivity contribution in [3.8, 4) is 11.8 Å². The van der Waals surface area contributed by atoms with Crippen molar-refractivity contribution in [2.45, 2.75) is 0 Å². The van der Waals surface area contributed by atoms with Crippen LogP contribution in [0.5, 0.6) is 0 Å². The Bertz CT molecular complexity index is 174. The van der Waals surface area contributed by atoms with Crippen LogP contribution in [0.1, 0.15) is 0 Å². The van der Waals surface area contributed by atoms with E-state index in [0.717, 1.165) is 0 Å². The van der Waals surface area contributed by atoms with Gasteiger partial charge in [-0.1, -0.05) is 36.1 Å². The molecular formula is C8H6. The van der Waals surface area contributed by atoms with E-state index in [1.807, 2.05) is 36.5 Å². The largest absolute Gasteiger partial charge is 0.0702 e. The molecule has 0 aromatic rings. The predicted octanol–water partition coefficient (Wildman–Crippen LogP) is 1.67. The summed E-state index contributed by atoms with van der Waals surface area (Å²) in [4.78, 5) is 0. The highest BCUT2D eigenvalue weighted by molar-refractivity contribution is 5.30. The van der Waals surface area contributed by atoms with E-state index >= 15 is 0 Å². The van der Waals surface area contributed by atoms with Gasteiger partial charge in [-0.3, -0.25) is 0 Å². The van der Waals surface area contributed by atoms with Gasteiger partial charge in [0, 0.05) is 0 Å². The molecule has 0 spiro atoms. The third-order valence-electron chi connectivity index (χ3n) is 0.776. The first-order chi connectivity index (χ1) is 4.00. The molecule has 0 aromatic heterocycles. The van der Waals surface area contributed by atoms with Crippen molar-refractivity contribution in [2.24, 2.45) is 0 Å². The molecule has 0 nitrogen and oxygen atoms in total. The summed E-state index contributed by atoms with van der Waals surface area (Å²) in [6.45, 7) is 0. The lowest BCUT2D eigenvalue weighted by molar-refractivity contribution is 1.89. The van der Waals surface area contributed by atoms with E-state index in [-0.39, 0.29) is 0 Å². The number of hydrogen-bond acceptors (Lipinski definition) is 0. The monoisotopic (exact) mass is 102 g/mol. The molecule has 0 radical (unpaired) electrons. The standard InChI is InChI=1S/C8H6/c1-2-4-6-8-7-5-3-1/h1-6H/b2-1-,3-1?,4-2?,5-3-,6-4-. The molecule has 0 heterocycles. The van der Waals surface area contributed by atoms with Crippen LogP contribution in [0.2, 0.25) is 0 Å². The van der Waals surface area contributed by atoms with Crippen molar-refractivity contribution in [1.29, 1.82) is 0 Å². The summed E-state index contributed by atoms with van der Waals surface area (Å²) in [6, 6.07) is 0. The minimum atomic E-state index is 1.82. The molecule has 0 amide bonds. The number of rotatable bonds is 0. The van der Waals surface area contributed by atoms with Gasteiger partial charge in [-0.15, -0.1) is 0 Å². The highest BCUT2D eigenvalue weighted by Gasteiger charge is 1.63. The molecule has 1 rings (SSSR count). The van der Waals surface area contributed by atoms with Crippen LogP contribution in [0.4, 0.5) is 0 Å². The van der Waals surface area contributed by atoms with E-state index in [4.69, 9.17) is 0 Å². The SMILES string of the molecule is C1#C\C=C/C=C\C=C/1. The van der Waals surface area contributed by atoms with E-state index in [1.165, 1.54) is 0 Å². The van der Waals surface area contributed by atoms with Crippen LogP contribution < -0.4 is 0 Å². The van der Waals surface area contributed by atoms with Crippen molar-refractivity contribution in [3.05, 3.63) is 36.5 Å². The van der Waals surface area contributed by atoms with Gasteiger partial charge < -0.3 is 0 Å². The average Bonchev–Trinajstić information content (AvgIpc) is 1.62. The Labute approximate surface area is 49.2 Å². The molecule has 0 fully saturated rings. The molecule has 1 aliphatic rings. The summed E-state index contributed by atoms with van der Waals surface area (Å²) in [7, 11) is 0. The minimum absolute atomic E-state index is 1.82. The molecule has 8 heavy (non-hydrogen) atoms. The van der Waals surface area contributed by atoms with Gasteiger partial charge in [0.25, 0.3) is 0 Å². The summed E-state index contributed by atoms with van der Waals surface area (Å²) in [5.74, 6) is 5.64. The van der Waals surface area contributed by atoms with E-state index in [0.29, 0.717) is 0 Å². The molecular weight excluding hydrogens is 96.1 g/mol. The quantitative estimate of drug-likeness (QED) is 0.408. The summed E-state index contributed by atoms with van der Waals surface area (Å²) in [5.41, 5.74) is 0. The fraction of sp³-hybridized carbons (Fsp3) is 0. The molecule has 0 aliphatic heterocycles. The first-order valence-electron chi connectivity index (χ1n) is 2.49. The van der Waals surface area contributed by atoms with Gasteiger partial charge in [0.15, 0.2) is 0 Å². The van der Waals surface area contributed by atoms with E-state index in [9.17, 15) is 0 Å². The smallest absolute Gasteiger partial charge is 0.0115 e. The number of hydrogen-bond donors (Lipinski definition) is 0. The molecule has 0 heteroatoms. The molecule has 0 aromatic carbocycles. The fourth-order valence-corrected chi connectivity index (χ4v) is 0.432. The fourth-order valence-electron chi connectivity index (χ4n) is 0.432. The summed E-state index contributed by atoms with van der Waals surface area (Å²) in [6.07, 6.45) is 11.4. The van der Waals surface area contributed by atoms with Crippen molar-refractivity contribution >= 4 is 0 Å². The zero-order chi connectivity index (χ0) is 5.66. The second-order valence-electron chi connectivity index (χ2n) is 1.39. The number of allylic oxidation sites excluding steroid dienone is 6. The Kier molecular flexibility index (Phi) is 1.77. The Balaban J connectivity index is 2.76. The minimum Gasteiger partial charge on any atom is -0.0702 e. The second-order valence-corrected chi connectivity index (χ2v) is 1.39. The highest BCUT2D eigenvalue weighted by Crippen LogP contribution is 1.81. The summed E-state index contributed by atoms with van der Waals surface area (Å²) >= 11 is 0. The zero-order valence-electron chi connectivity index (χ0n) is 4.46. The van der Waals surface area contributed by atoms with Crippen LogP contribution >= 0.6 is 0 Å². The van der Waals surface area contributed by atoms with Gasteiger partial charge in [-0.2, -0.15) is 0 Å². The zero-order valence-corrected chi connectivity index (χ0v) is 4.46. The molecule has 0 bridgehead atoms. The topological polar surface area (TPSA) is 0 Å². The maximum atomic E-state index is 2.82. The lowest BCUT2D eigenvalue weighted by atomic mass is 10.3. The molecule has 0 saturated carbocycles. The van der Waals surface area contributed by atoms with Crippen molar-refractivity contribution in [2.75, 3.05) is 0 Å². The second kappa shape index (κ2) is 2.87. The Morgan fingerprint density at radius 2 is 1.12 bits per heavy atom. The van der Waals surface area contributed by atoms with E-state index in [2.05, 4.69) is 11.8 Å². The Hall–Kier alpha value is -1.22. The van der Waals surface area contributed by atoms with Crippen LogP contribution in [0.25, 0.3) is 0 Å². The predicted molar refractivity (Wildman–Crippen MR) is 35.2 cm³/mol. The van der Waals surface area contributed by atoms with Crippen molar-refractivity contribution in [1.82, 2.24) is 0 Å². The first kappa shape index (κ1) is 4.93. The average molecular weight is 102 g/mol. The molecule has 0 saturated heterocycles. The molecule has 0 atom stereocenters. The molecule has 0 N–H and O–H groups in total. The van der Waals surface area contributed by atoms with Crippen molar-refractivity contribution in [3.63, 3.8) is 0 Å². The van der Waals surface area contributed by atoms with E-state index in [1.54, 1.807) is 0 Å². The Morgan fingerprint density at radius 1 is 0.625 bits per heavy atom. The third-order valence-corrected chi connectivity index (χ3v) is 0.776. The van der Waals surface area contributed by atoms with Gasteiger partial charge in [0.1, 0.15) is 0 Å². The summed E-state index contributed by atoms with van der Waals surface area (Å²) in [5, 5.41) is 0. The maximum absolute atomic E-state index is 2.82. The highest BCUT2D eigenvalue weighted by atomic mass is 13.7.